The van der Waals surface area contributed by atoms with Gasteiger partial charge in [0.05, 0.1) is 6.10 Å². The number of rotatable bonds is 4. The minimum absolute atomic E-state index is 0.154. The van der Waals surface area contributed by atoms with Crippen LogP contribution in [-0.2, 0) is 9.53 Å². The number of amides is 1. The van der Waals surface area contributed by atoms with Crippen molar-refractivity contribution in [1.29, 1.82) is 0 Å². The summed E-state index contributed by atoms with van der Waals surface area (Å²) in [5, 5.41) is 0. The lowest BCUT2D eigenvalue weighted by Crippen LogP contribution is -2.41. The fraction of sp³-hybridized carbons (Fsp3) is 0.923. The first-order valence-electron chi connectivity index (χ1n) is 6.86. The van der Waals surface area contributed by atoms with Crippen LogP contribution in [0.5, 0.6) is 0 Å². The molecule has 0 saturated carbocycles. The lowest BCUT2D eigenvalue weighted by molar-refractivity contribution is -0.119. The molecule has 2 rings (SSSR count). The van der Waals surface area contributed by atoms with Crippen molar-refractivity contribution in [3.63, 3.8) is 0 Å². The molecule has 2 heterocycles. The number of nitrogens with two attached hydrogens (primary N) is 1. The standard InChI is InChI=1S/C13H24N2O2/c14-13(16)9-11-4-6-15(7-5-11)10-12-3-1-2-8-17-12/h11-12H,1-10H2,(H2,14,16)/t12-/m0/s1. The van der Waals surface area contributed by atoms with Crippen LogP contribution < -0.4 is 5.73 Å². The van der Waals surface area contributed by atoms with Gasteiger partial charge in [0.1, 0.15) is 0 Å². The summed E-state index contributed by atoms with van der Waals surface area (Å²) in [6.07, 6.45) is 6.96. The molecule has 0 bridgehead atoms. The molecular weight excluding hydrogens is 216 g/mol. The Bertz CT molecular complexity index is 244. The number of nitrogens with zero attached hydrogens (tertiary/aromatic N) is 1. The minimum atomic E-state index is -0.154. The summed E-state index contributed by atoms with van der Waals surface area (Å²) in [6.45, 7) is 4.20. The van der Waals surface area contributed by atoms with Crippen LogP contribution in [0, 0.1) is 5.92 Å². The summed E-state index contributed by atoms with van der Waals surface area (Å²) in [7, 11) is 0. The predicted molar refractivity (Wildman–Crippen MR) is 66.6 cm³/mol. The van der Waals surface area contributed by atoms with Crippen LogP contribution in [-0.4, -0.2) is 43.2 Å². The second-order valence-corrected chi connectivity index (χ2v) is 5.40. The summed E-state index contributed by atoms with van der Waals surface area (Å²) in [6, 6.07) is 0. The molecule has 0 unspecified atom stereocenters. The van der Waals surface area contributed by atoms with Crippen molar-refractivity contribution in [3.05, 3.63) is 0 Å². The number of piperidine rings is 1. The van der Waals surface area contributed by atoms with Crippen molar-refractivity contribution in [1.82, 2.24) is 4.90 Å². The molecule has 17 heavy (non-hydrogen) atoms. The van der Waals surface area contributed by atoms with E-state index in [2.05, 4.69) is 4.90 Å². The molecule has 2 aliphatic heterocycles. The van der Waals surface area contributed by atoms with E-state index >= 15 is 0 Å². The first-order valence-corrected chi connectivity index (χ1v) is 6.86. The molecule has 4 nitrogen and oxygen atoms in total. The molecule has 4 heteroatoms. The van der Waals surface area contributed by atoms with E-state index in [1.54, 1.807) is 0 Å². The molecule has 2 N–H and O–H groups in total. The fourth-order valence-corrected chi connectivity index (χ4v) is 2.90. The van der Waals surface area contributed by atoms with E-state index in [1.165, 1.54) is 19.3 Å². The lowest BCUT2D eigenvalue weighted by atomic mass is 9.93. The maximum atomic E-state index is 10.9. The zero-order valence-electron chi connectivity index (χ0n) is 10.6. The third-order valence-corrected chi connectivity index (χ3v) is 3.93. The van der Waals surface area contributed by atoms with Gasteiger partial charge in [-0.15, -0.1) is 0 Å². The minimum Gasteiger partial charge on any atom is -0.377 e. The van der Waals surface area contributed by atoms with Crippen LogP contribution in [0.1, 0.15) is 38.5 Å². The highest BCUT2D eigenvalue weighted by molar-refractivity contribution is 5.73. The summed E-state index contributed by atoms with van der Waals surface area (Å²) < 4.78 is 5.76. The van der Waals surface area contributed by atoms with Gasteiger partial charge in [-0.25, -0.2) is 0 Å². The van der Waals surface area contributed by atoms with Gasteiger partial charge < -0.3 is 15.4 Å². The largest absolute Gasteiger partial charge is 0.377 e. The number of carbonyl (C=O) groups is 1. The lowest BCUT2D eigenvalue weighted by Gasteiger charge is -2.35. The average molecular weight is 240 g/mol. The average Bonchev–Trinajstić information content (AvgIpc) is 2.32. The molecular formula is C13H24N2O2. The van der Waals surface area contributed by atoms with Gasteiger partial charge in [-0.3, -0.25) is 4.79 Å². The smallest absolute Gasteiger partial charge is 0.217 e. The number of hydrogen-bond acceptors (Lipinski definition) is 3. The number of carbonyl (C=O) groups excluding carboxylic acids is 1. The van der Waals surface area contributed by atoms with E-state index in [4.69, 9.17) is 10.5 Å². The Morgan fingerprint density at radius 3 is 2.59 bits per heavy atom. The summed E-state index contributed by atoms with van der Waals surface area (Å²) >= 11 is 0. The molecule has 1 amide bonds. The highest BCUT2D eigenvalue weighted by atomic mass is 16.5. The van der Waals surface area contributed by atoms with Gasteiger partial charge in [0.15, 0.2) is 0 Å². The van der Waals surface area contributed by atoms with Crippen LogP contribution in [0.3, 0.4) is 0 Å². The molecule has 0 aromatic carbocycles. The molecule has 1 atom stereocenters. The molecule has 2 saturated heterocycles. The van der Waals surface area contributed by atoms with Gasteiger partial charge in [0, 0.05) is 19.6 Å². The van der Waals surface area contributed by atoms with Crippen LogP contribution in [0.25, 0.3) is 0 Å². The van der Waals surface area contributed by atoms with E-state index < -0.39 is 0 Å². The number of primary amides is 1. The fourth-order valence-electron chi connectivity index (χ4n) is 2.90. The van der Waals surface area contributed by atoms with Crippen molar-refractivity contribution < 1.29 is 9.53 Å². The molecule has 0 spiro atoms. The van der Waals surface area contributed by atoms with Gasteiger partial charge in [-0.1, -0.05) is 0 Å². The molecule has 0 aromatic rings. The van der Waals surface area contributed by atoms with Crippen LogP contribution in [0.15, 0.2) is 0 Å². The number of likely N-dealkylation sites (tertiary alicyclic amines) is 1. The van der Waals surface area contributed by atoms with Crippen molar-refractivity contribution >= 4 is 5.91 Å². The molecule has 98 valence electrons. The number of ether oxygens (including phenoxy) is 1. The highest BCUT2D eigenvalue weighted by Crippen LogP contribution is 2.22. The van der Waals surface area contributed by atoms with Crippen molar-refractivity contribution in [2.24, 2.45) is 11.7 Å². The van der Waals surface area contributed by atoms with E-state index in [9.17, 15) is 4.79 Å². The van der Waals surface area contributed by atoms with Gasteiger partial charge in [0.2, 0.25) is 5.91 Å². The quantitative estimate of drug-likeness (QED) is 0.802. The van der Waals surface area contributed by atoms with Gasteiger partial charge >= 0.3 is 0 Å². The monoisotopic (exact) mass is 240 g/mol. The second kappa shape index (κ2) is 6.36. The first-order chi connectivity index (χ1) is 8.24. The van der Waals surface area contributed by atoms with Crippen LogP contribution in [0.4, 0.5) is 0 Å². The summed E-state index contributed by atoms with van der Waals surface area (Å²) in [5.74, 6) is 0.357. The zero-order valence-corrected chi connectivity index (χ0v) is 10.6. The van der Waals surface area contributed by atoms with Gasteiger partial charge in [0.25, 0.3) is 0 Å². The summed E-state index contributed by atoms with van der Waals surface area (Å²) in [5.41, 5.74) is 5.23. The SMILES string of the molecule is NC(=O)CC1CCN(C[C@@H]2CCCCO2)CC1. The Kier molecular flexibility index (Phi) is 4.80. The Hall–Kier alpha value is -0.610. The van der Waals surface area contributed by atoms with E-state index in [0.29, 0.717) is 18.4 Å². The molecule has 2 aliphatic rings. The first kappa shape index (κ1) is 12.8. The Balaban J connectivity index is 1.66. The number of hydrogen-bond donors (Lipinski definition) is 1. The Labute approximate surface area is 103 Å². The van der Waals surface area contributed by atoms with Crippen LogP contribution in [0.2, 0.25) is 0 Å². The van der Waals surface area contributed by atoms with E-state index in [0.717, 1.165) is 39.1 Å². The van der Waals surface area contributed by atoms with Crippen molar-refractivity contribution in [2.45, 2.75) is 44.6 Å². The zero-order chi connectivity index (χ0) is 12.1. The Morgan fingerprint density at radius 1 is 1.24 bits per heavy atom. The maximum Gasteiger partial charge on any atom is 0.217 e. The topological polar surface area (TPSA) is 55.6 Å². The van der Waals surface area contributed by atoms with Gasteiger partial charge in [-0.2, -0.15) is 0 Å². The molecule has 2 fully saturated rings. The van der Waals surface area contributed by atoms with E-state index in [-0.39, 0.29) is 5.91 Å². The van der Waals surface area contributed by atoms with Crippen molar-refractivity contribution in [2.75, 3.05) is 26.2 Å². The van der Waals surface area contributed by atoms with E-state index in [1.807, 2.05) is 0 Å². The van der Waals surface area contributed by atoms with Crippen LogP contribution >= 0.6 is 0 Å². The predicted octanol–water partition coefficient (Wildman–Crippen LogP) is 1.14. The maximum absolute atomic E-state index is 10.9. The Morgan fingerprint density at radius 2 is 2.00 bits per heavy atom. The van der Waals surface area contributed by atoms with Crippen molar-refractivity contribution in [3.8, 4) is 0 Å². The molecule has 0 aliphatic carbocycles. The normalized spacial score (nSPS) is 28.1. The molecule has 0 aromatic heterocycles. The second-order valence-electron chi connectivity index (χ2n) is 5.40. The summed E-state index contributed by atoms with van der Waals surface area (Å²) in [4.78, 5) is 13.3. The molecule has 0 radical (unpaired) electrons. The third kappa shape index (κ3) is 4.28. The third-order valence-electron chi connectivity index (χ3n) is 3.93. The highest BCUT2D eigenvalue weighted by Gasteiger charge is 2.23. The van der Waals surface area contributed by atoms with Gasteiger partial charge in [-0.05, 0) is 51.1 Å².